The number of aromatic amines is 1. The average Bonchev–Trinajstić information content (AvgIpc) is 3.12. The van der Waals surface area contributed by atoms with Crippen LogP contribution in [-0.4, -0.2) is 76.1 Å². The smallest absolute Gasteiger partial charge is 0.272 e. The van der Waals surface area contributed by atoms with E-state index < -0.39 is 0 Å². The highest BCUT2D eigenvalue weighted by molar-refractivity contribution is 5.97. The number of amides is 1. The van der Waals surface area contributed by atoms with E-state index in [0.29, 0.717) is 37.1 Å². The first kappa shape index (κ1) is 15.2. The van der Waals surface area contributed by atoms with Gasteiger partial charge in [0.1, 0.15) is 11.4 Å². The standard InChI is InChI=1S/C15H22N4O3/c1-9(2)19-4-5-22-14-8-18(7-13(14)19)15(21)12-6-11(10(3)20)16-17-12/h6,9,13-14H,4-5,7-8H2,1-3H3,(H,16,17). The lowest BCUT2D eigenvalue weighted by Crippen LogP contribution is -2.53. The lowest BCUT2D eigenvalue weighted by atomic mass is 10.1. The fourth-order valence-electron chi connectivity index (χ4n) is 3.30. The topological polar surface area (TPSA) is 78.5 Å². The van der Waals surface area contributed by atoms with Gasteiger partial charge in [0.05, 0.1) is 18.8 Å². The molecule has 2 aliphatic heterocycles. The summed E-state index contributed by atoms with van der Waals surface area (Å²) in [5.41, 5.74) is 0.653. The number of hydrogen-bond acceptors (Lipinski definition) is 5. The van der Waals surface area contributed by atoms with Crippen LogP contribution < -0.4 is 0 Å². The molecular formula is C15H22N4O3. The molecule has 22 heavy (non-hydrogen) atoms. The first-order valence-electron chi connectivity index (χ1n) is 7.70. The third kappa shape index (κ3) is 2.66. The number of hydrogen-bond donors (Lipinski definition) is 1. The van der Waals surface area contributed by atoms with Crippen molar-refractivity contribution in [3.8, 4) is 0 Å². The highest BCUT2D eigenvalue weighted by Crippen LogP contribution is 2.25. The molecule has 0 aromatic carbocycles. The molecule has 0 aliphatic carbocycles. The number of morpholine rings is 1. The zero-order chi connectivity index (χ0) is 15.9. The highest BCUT2D eigenvalue weighted by Gasteiger charge is 2.42. The van der Waals surface area contributed by atoms with Gasteiger partial charge in [-0.25, -0.2) is 0 Å². The van der Waals surface area contributed by atoms with Gasteiger partial charge in [0.15, 0.2) is 5.78 Å². The van der Waals surface area contributed by atoms with Crippen LogP contribution >= 0.6 is 0 Å². The van der Waals surface area contributed by atoms with Crippen molar-refractivity contribution in [2.24, 2.45) is 0 Å². The first-order chi connectivity index (χ1) is 10.5. The van der Waals surface area contributed by atoms with Crippen LogP contribution in [0.2, 0.25) is 0 Å². The minimum atomic E-state index is -0.153. The van der Waals surface area contributed by atoms with Crippen molar-refractivity contribution in [1.29, 1.82) is 0 Å². The van der Waals surface area contributed by atoms with Crippen LogP contribution in [0.3, 0.4) is 0 Å². The number of Topliss-reactive ketones (excluding diaryl/α,β-unsaturated/α-hetero) is 1. The zero-order valence-corrected chi connectivity index (χ0v) is 13.2. The second kappa shape index (κ2) is 5.81. The van der Waals surface area contributed by atoms with E-state index in [4.69, 9.17) is 4.74 Å². The van der Waals surface area contributed by atoms with E-state index in [9.17, 15) is 9.59 Å². The predicted octanol–water partition coefficient (Wildman–Crippen LogP) is 0.546. The molecule has 1 amide bonds. The minimum absolute atomic E-state index is 0.0651. The quantitative estimate of drug-likeness (QED) is 0.825. The Kier molecular flexibility index (Phi) is 4.01. The van der Waals surface area contributed by atoms with Crippen molar-refractivity contribution in [2.45, 2.75) is 39.0 Å². The van der Waals surface area contributed by atoms with Crippen LogP contribution in [-0.2, 0) is 4.74 Å². The summed E-state index contributed by atoms with van der Waals surface area (Å²) in [4.78, 5) is 28.0. The van der Waals surface area contributed by atoms with Gasteiger partial charge in [0.25, 0.3) is 5.91 Å². The second-order valence-corrected chi connectivity index (χ2v) is 6.24. The number of ether oxygens (including phenoxy) is 1. The molecule has 3 rings (SSSR count). The molecule has 1 aromatic rings. The molecule has 2 atom stereocenters. The van der Waals surface area contributed by atoms with Gasteiger partial charge in [-0.05, 0) is 19.9 Å². The SMILES string of the molecule is CC(=O)c1cc(C(=O)N2CC3OCCN(C(C)C)C3C2)[nH]n1. The monoisotopic (exact) mass is 306 g/mol. The number of aromatic nitrogens is 2. The molecule has 2 fully saturated rings. The van der Waals surface area contributed by atoms with Gasteiger partial charge in [-0.15, -0.1) is 0 Å². The van der Waals surface area contributed by atoms with E-state index in [1.165, 1.54) is 13.0 Å². The van der Waals surface area contributed by atoms with E-state index >= 15 is 0 Å². The lowest BCUT2D eigenvalue weighted by Gasteiger charge is -2.39. The molecule has 3 heterocycles. The summed E-state index contributed by atoms with van der Waals surface area (Å²) in [6.45, 7) is 8.61. The maximum absolute atomic E-state index is 12.6. The summed E-state index contributed by atoms with van der Waals surface area (Å²) in [5, 5.41) is 6.54. The van der Waals surface area contributed by atoms with Gasteiger partial charge >= 0.3 is 0 Å². The summed E-state index contributed by atoms with van der Waals surface area (Å²) in [6, 6.07) is 2.20. The number of carbonyl (C=O) groups excluding carboxylic acids is 2. The van der Waals surface area contributed by atoms with Crippen LogP contribution in [0.15, 0.2) is 6.07 Å². The van der Waals surface area contributed by atoms with Crippen molar-refractivity contribution < 1.29 is 14.3 Å². The number of ketones is 1. The van der Waals surface area contributed by atoms with Gasteiger partial charge in [-0.1, -0.05) is 0 Å². The van der Waals surface area contributed by atoms with E-state index in [0.717, 1.165) is 6.54 Å². The number of rotatable bonds is 3. The second-order valence-electron chi connectivity index (χ2n) is 6.24. The number of nitrogens with zero attached hydrogens (tertiary/aromatic N) is 3. The summed E-state index contributed by atoms with van der Waals surface area (Å²) in [5.74, 6) is -0.276. The molecule has 2 unspecified atom stereocenters. The molecule has 120 valence electrons. The maximum atomic E-state index is 12.6. The molecule has 0 saturated carbocycles. The van der Waals surface area contributed by atoms with Gasteiger partial charge in [-0.2, -0.15) is 5.10 Å². The predicted molar refractivity (Wildman–Crippen MR) is 79.9 cm³/mol. The van der Waals surface area contributed by atoms with E-state index in [1.807, 2.05) is 0 Å². The molecule has 0 bridgehead atoms. The molecule has 2 aliphatic rings. The Hall–Kier alpha value is -1.73. The van der Waals surface area contributed by atoms with Crippen molar-refractivity contribution in [3.63, 3.8) is 0 Å². The van der Waals surface area contributed by atoms with Crippen molar-refractivity contribution in [2.75, 3.05) is 26.2 Å². The van der Waals surface area contributed by atoms with E-state index in [2.05, 4.69) is 28.9 Å². The molecule has 0 spiro atoms. The third-order valence-electron chi connectivity index (χ3n) is 4.46. The Bertz CT molecular complexity index is 583. The summed E-state index contributed by atoms with van der Waals surface area (Å²) >= 11 is 0. The van der Waals surface area contributed by atoms with E-state index in [-0.39, 0.29) is 23.8 Å². The Balaban J connectivity index is 1.73. The number of likely N-dealkylation sites (tertiary alicyclic amines) is 1. The van der Waals surface area contributed by atoms with Gasteiger partial charge in [0, 0.05) is 32.6 Å². The van der Waals surface area contributed by atoms with Gasteiger partial charge in [0.2, 0.25) is 0 Å². The largest absolute Gasteiger partial charge is 0.373 e. The molecular weight excluding hydrogens is 284 g/mol. The number of H-pyrrole nitrogens is 1. The Labute approximate surface area is 129 Å². The normalized spacial score (nSPS) is 25.5. The Morgan fingerprint density at radius 1 is 1.41 bits per heavy atom. The molecule has 1 aromatic heterocycles. The van der Waals surface area contributed by atoms with Crippen LogP contribution in [0.4, 0.5) is 0 Å². The summed E-state index contributed by atoms with van der Waals surface area (Å²) < 4.78 is 5.83. The highest BCUT2D eigenvalue weighted by atomic mass is 16.5. The fraction of sp³-hybridized carbons (Fsp3) is 0.667. The molecule has 2 saturated heterocycles. The molecule has 0 radical (unpaired) electrons. The summed E-state index contributed by atoms with van der Waals surface area (Å²) in [7, 11) is 0. The van der Waals surface area contributed by atoms with Gasteiger partial charge < -0.3 is 9.64 Å². The van der Waals surface area contributed by atoms with Crippen LogP contribution in [0.5, 0.6) is 0 Å². The van der Waals surface area contributed by atoms with E-state index in [1.54, 1.807) is 4.90 Å². The third-order valence-corrected chi connectivity index (χ3v) is 4.46. The molecule has 1 N–H and O–H groups in total. The minimum Gasteiger partial charge on any atom is -0.373 e. The number of carbonyl (C=O) groups is 2. The molecule has 7 nitrogen and oxygen atoms in total. The van der Waals surface area contributed by atoms with Crippen LogP contribution in [0.25, 0.3) is 0 Å². The Morgan fingerprint density at radius 2 is 2.18 bits per heavy atom. The van der Waals surface area contributed by atoms with Crippen molar-refractivity contribution >= 4 is 11.7 Å². The van der Waals surface area contributed by atoms with Crippen LogP contribution in [0, 0.1) is 0 Å². The Morgan fingerprint density at radius 3 is 2.82 bits per heavy atom. The fourth-order valence-corrected chi connectivity index (χ4v) is 3.30. The van der Waals surface area contributed by atoms with Crippen LogP contribution in [0.1, 0.15) is 41.7 Å². The van der Waals surface area contributed by atoms with Crippen molar-refractivity contribution in [3.05, 3.63) is 17.5 Å². The summed E-state index contributed by atoms with van der Waals surface area (Å²) in [6.07, 6.45) is 0.0651. The molecule has 7 heteroatoms. The number of fused-ring (bicyclic) bond motifs is 1. The average molecular weight is 306 g/mol. The lowest BCUT2D eigenvalue weighted by molar-refractivity contribution is -0.0582. The maximum Gasteiger partial charge on any atom is 0.272 e. The first-order valence-corrected chi connectivity index (χ1v) is 7.70. The zero-order valence-electron chi connectivity index (χ0n) is 13.2. The van der Waals surface area contributed by atoms with Crippen molar-refractivity contribution in [1.82, 2.24) is 20.0 Å². The number of nitrogens with one attached hydrogen (secondary N) is 1. The van der Waals surface area contributed by atoms with Gasteiger partial charge in [-0.3, -0.25) is 19.6 Å².